The number of hydrogen-bond donors (Lipinski definition) is 1. The van der Waals surface area contributed by atoms with Crippen molar-refractivity contribution in [2.75, 3.05) is 26.2 Å². The SMILES string of the molecule is CCN(CC1CCCN(C(=O)OC(C)(C)C)C1)C(=O)[C@@H](N)C(C)C. The van der Waals surface area contributed by atoms with Crippen LogP contribution in [0.25, 0.3) is 0 Å². The van der Waals surface area contributed by atoms with E-state index in [1.54, 1.807) is 4.90 Å². The van der Waals surface area contributed by atoms with E-state index in [0.29, 0.717) is 19.6 Å². The molecule has 6 heteroatoms. The number of nitrogens with zero attached hydrogens (tertiary/aromatic N) is 2. The number of ether oxygens (including phenoxy) is 1. The number of hydrogen-bond acceptors (Lipinski definition) is 4. The molecule has 6 nitrogen and oxygen atoms in total. The molecule has 0 bridgehead atoms. The van der Waals surface area contributed by atoms with Crippen molar-refractivity contribution in [3.05, 3.63) is 0 Å². The first-order chi connectivity index (χ1) is 11.0. The first-order valence-corrected chi connectivity index (χ1v) is 9.07. The molecule has 1 aliphatic rings. The molecule has 0 spiro atoms. The molecule has 1 unspecified atom stereocenters. The zero-order valence-corrected chi connectivity index (χ0v) is 16.2. The summed E-state index contributed by atoms with van der Waals surface area (Å²) in [6, 6.07) is -0.463. The highest BCUT2D eigenvalue weighted by atomic mass is 16.6. The van der Waals surface area contributed by atoms with Crippen LogP contribution in [0.5, 0.6) is 0 Å². The molecule has 0 aromatic carbocycles. The van der Waals surface area contributed by atoms with Crippen LogP contribution in [0.3, 0.4) is 0 Å². The minimum atomic E-state index is -0.487. The quantitative estimate of drug-likeness (QED) is 0.833. The molecule has 1 saturated heterocycles. The van der Waals surface area contributed by atoms with E-state index in [1.165, 1.54) is 0 Å². The van der Waals surface area contributed by atoms with E-state index >= 15 is 0 Å². The Morgan fingerprint density at radius 3 is 2.46 bits per heavy atom. The summed E-state index contributed by atoms with van der Waals surface area (Å²) in [5.74, 6) is 0.396. The van der Waals surface area contributed by atoms with Crippen molar-refractivity contribution in [1.29, 1.82) is 0 Å². The molecule has 1 aliphatic heterocycles. The van der Waals surface area contributed by atoms with Gasteiger partial charge in [0.2, 0.25) is 5.91 Å². The van der Waals surface area contributed by atoms with Crippen molar-refractivity contribution in [2.45, 2.75) is 66.0 Å². The largest absolute Gasteiger partial charge is 0.444 e. The molecule has 2 N–H and O–H groups in total. The molecule has 140 valence electrons. The van der Waals surface area contributed by atoms with Crippen molar-refractivity contribution < 1.29 is 14.3 Å². The van der Waals surface area contributed by atoms with Crippen molar-refractivity contribution in [2.24, 2.45) is 17.6 Å². The van der Waals surface area contributed by atoms with E-state index < -0.39 is 11.6 Å². The van der Waals surface area contributed by atoms with Gasteiger partial charge in [0.25, 0.3) is 0 Å². The average molecular weight is 341 g/mol. The van der Waals surface area contributed by atoms with E-state index in [0.717, 1.165) is 19.4 Å². The molecule has 0 saturated carbocycles. The lowest BCUT2D eigenvalue weighted by Crippen LogP contribution is -2.50. The van der Waals surface area contributed by atoms with Crippen molar-refractivity contribution in [3.63, 3.8) is 0 Å². The van der Waals surface area contributed by atoms with Gasteiger partial charge in [0.1, 0.15) is 5.60 Å². The fourth-order valence-electron chi connectivity index (χ4n) is 2.89. The van der Waals surface area contributed by atoms with Gasteiger partial charge in [-0.2, -0.15) is 0 Å². The first kappa shape index (κ1) is 20.7. The molecular weight excluding hydrogens is 306 g/mol. The number of likely N-dealkylation sites (N-methyl/N-ethyl adjacent to an activating group) is 1. The summed E-state index contributed by atoms with van der Waals surface area (Å²) in [5, 5.41) is 0. The minimum Gasteiger partial charge on any atom is -0.444 e. The van der Waals surface area contributed by atoms with Gasteiger partial charge in [0.05, 0.1) is 6.04 Å². The fourth-order valence-corrected chi connectivity index (χ4v) is 2.89. The van der Waals surface area contributed by atoms with Crippen LogP contribution >= 0.6 is 0 Å². The van der Waals surface area contributed by atoms with Crippen LogP contribution in [0.4, 0.5) is 4.79 Å². The smallest absolute Gasteiger partial charge is 0.410 e. The van der Waals surface area contributed by atoms with E-state index in [9.17, 15) is 9.59 Å². The lowest BCUT2D eigenvalue weighted by atomic mass is 9.96. The van der Waals surface area contributed by atoms with Crippen LogP contribution in [-0.4, -0.2) is 59.6 Å². The Bertz CT molecular complexity index is 432. The predicted octanol–water partition coefficient (Wildman–Crippen LogP) is 2.47. The summed E-state index contributed by atoms with van der Waals surface area (Å²) in [6.07, 6.45) is 1.69. The van der Waals surface area contributed by atoms with Crippen molar-refractivity contribution in [3.8, 4) is 0 Å². The molecule has 2 atom stereocenters. The Morgan fingerprint density at radius 2 is 1.96 bits per heavy atom. The summed E-state index contributed by atoms with van der Waals surface area (Å²) in [6.45, 7) is 14.1. The number of carbonyl (C=O) groups is 2. The lowest BCUT2D eigenvalue weighted by Gasteiger charge is -2.37. The lowest BCUT2D eigenvalue weighted by molar-refractivity contribution is -0.134. The Kier molecular flexibility index (Phi) is 7.52. The van der Waals surface area contributed by atoms with Crippen LogP contribution < -0.4 is 5.73 Å². The summed E-state index contributed by atoms with van der Waals surface area (Å²) < 4.78 is 5.46. The second-order valence-electron chi connectivity index (χ2n) is 8.08. The van der Waals surface area contributed by atoms with Crippen LogP contribution in [0, 0.1) is 11.8 Å². The van der Waals surface area contributed by atoms with Gasteiger partial charge in [-0.15, -0.1) is 0 Å². The van der Waals surface area contributed by atoms with Crippen LogP contribution in [0.2, 0.25) is 0 Å². The number of nitrogens with two attached hydrogens (primary N) is 1. The molecule has 0 aromatic heterocycles. The van der Waals surface area contributed by atoms with E-state index in [1.807, 2.05) is 46.4 Å². The Balaban J connectivity index is 2.63. The van der Waals surface area contributed by atoms with Crippen molar-refractivity contribution >= 4 is 12.0 Å². The van der Waals surface area contributed by atoms with Gasteiger partial charge < -0.3 is 20.3 Å². The van der Waals surface area contributed by atoms with Crippen LogP contribution in [0.15, 0.2) is 0 Å². The number of amides is 2. The summed E-state index contributed by atoms with van der Waals surface area (Å²) in [7, 11) is 0. The topological polar surface area (TPSA) is 75.9 Å². The fraction of sp³-hybridized carbons (Fsp3) is 0.889. The number of rotatable bonds is 5. The second kappa shape index (κ2) is 8.70. The van der Waals surface area contributed by atoms with Gasteiger partial charge in [-0.3, -0.25) is 4.79 Å². The van der Waals surface area contributed by atoms with Gasteiger partial charge in [-0.25, -0.2) is 4.79 Å². The zero-order valence-electron chi connectivity index (χ0n) is 16.2. The summed E-state index contributed by atoms with van der Waals surface area (Å²) >= 11 is 0. The van der Waals surface area contributed by atoms with E-state index in [2.05, 4.69) is 0 Å². The molecule has 0 aromatic rings. The molecule has 1 fully saturated rings. The third-order valence-corrected chi connectivity index (χ3v) is 4.35. The average Bonchev–Trinajstić information content (AvgIpc) is 2.49. The van der Waals surface area contributed by atoms with Gasteiger partial charge in [-0.1, -0.05) is 13.8 Å². The third kappa shape index (κ3) is 6.30. The third-order valence-electron chi connectivity index (χ3n) is 4.35. The van der Waals surface area contributed by atoms with Gasteiger partial charge in [0.15, 0.2) is 0 Å². The number of piperidine rings is 1. The maximum atomic E-state index is 12.5. The summed E-state index contributed by atoms with van der Waals surface area (Å²) in [5.41, 5.74) is 5.52. The number of likely N-dealkylation sites (tertiary alicyclic amines) is 1. The predicted molar refractivity (Wildman–Crippen MR) is 95.6 cm³/mol. The van der Waals surface area contributed by atoms with Gasteiger partial charge >= 0.3 is 6.09 Å². The monoisotopic (exact) mass is 341 g/mol. The zero-order chi connectivity index (χ0) is 18.5. The van der Waals surface area contributed by atoms with Crippen LogP contribution in [0.1, 0.15) is 54.4 Å². The molecule has 24 heavy (non-hydrogen) atoms. The number of carbonyl (C=O) groups excluding carboxylic acids is 2. The van der Waals surface area contributed by atoms with Gasteiger partial charge in [0, 0.05) is 26.2 Å². The maximum Gasteiger partial charge on any atom is 0.410 e. The van der Waals surface area contributed by atoms with Crippen LogP contribution in [-0.2, 0) is 9.53 Å². The Hall–Kier alpha value is -1.30. The highest BCUT2D eigenvalue weighted by molar-refractivity contribution is 5.81. The first-order valence-electron chi connectivity index (χ1n) is 9.07. The summed E-state index contributed by atoms with van der Waals surface area (Å²) in [4.78, 5) is 28.3. The standard InChI is InChI=1S/C18H35N3O3/c1-7-20(16(22)15(19)13(2)3)11-14-9-8-10-21(12-14)17(23)24-18(4,5)6/h13-15H,7-12,19H2,1-6H3/t14?,15-/m0/s1. The molecular formula is C18H35N3O3. The normalized spacial score (nSPS) is 20.0. The Morgan fingerprint density at radius 1 is 1.33 bits per heavy atom. The highest BCUT2D eigenvalue weighted by Crippen LogP contribution is 2.21. The second-order valence-corrected chi connectivity index (χ2v) is 8.08. The molecule has 1 rings (SSSR count). The molecule has 0 aliphatic carbocycles. The van der Waals surface area contributed by atoms with E-state index in [-0.39, 0.29) is 23.8 Å². The minimum absolute atomic E-state index is 0.00175. The maximum absolute atomic E-state index is 12.5. The van der Waals surface area contributed by atoms with Gasteiger partial charge in [-0.05, 0) is 52.4 Å². The molecule has 1 heterocycles. The highest BCUT2D eigenvalue weighted by Gasteiger charge is 2.30. The van der Waals surface area contributed by atoms with E-state index in [4.69, 9.17) is 10.5 Å². The Labute approximate surface area is 146 Å². The molecule has 0 radical (unpaired) electrons. The molecule has 2 amide bonds. The van der Waals surface area contributed by atoms with Crippen molar-refractivity contribution in [1.82, 2.24) is 9.80 Å².